The Bertz CT molecular complexity index is 689. The summed E-state index contributed by atoms with van der Waals surface area (Å²) in [5, 5.41) is 10.9. The van der Waals surface area contributed by atoms with E-state index in [2.05, 4.69) is 0 Å². The van der Waals surface area contributed by atoms with E-state index in [4.69, 9.17) is 27.9 Å². The SMILES string of the molecule is O=C(N1C[C@H]2COC[C@@]2(CO)C1)C1(c2ccc(Cl)c(Cl)c2)CCCC1. The molecule has 1 aromatic carbocycles. The Morgan fingerprint density at radius 3 is 2.68 bits per heavy atom. The summed E-state index contributed by atoms with van der Waals surface area (Å²) in [6.07, 6.45) is 3.76. The topological polar surface area (TPSA) is 49.8 Å². The second-order valence-electron chi connectivity index (χ2n) is 7.84. The van der Waals surface area contributed by atoms with E-state index in [-0.39, 0.29) is 23.8 Å². The van der Waals surface area contributed by atoms with Gasteiger partial charge in [-0.25, -0.2) is 0 Å². The summed E-state index contributed by atoms with van der Waals surface area (Å²) in [5.41, 5.74) is 0.174. The molecule has 6 heteroatoms. The van der Waals surface area contributed by atoms with Crippen LogP contribution in [0.3, 0.4) is 0 Å². The molecule has 1 aromatic rings. The third-order valence-corrected chi connectivity index (χ3v) is 7.20. The lowest BCUT2D eigenvalue weighted by Gasteiger charge is -2.34. The quantitative estimate of drug-likeness (QED) is 0.870. The van der Waals surface area contributed by atoms with E-state index >= 15 is 0 Å². The maximum atomic E-state index is 13.6. The number of aliphatic hydroxyl groups excluding tert-OH is 1. The minimum Gasteiger partial charge on any atom is -0.396 e. The number of benzene rings is 1. The third-order valence-electron chi connectivity index (χ3n) is 6.46. The van der Waals surface area contributed by atoms with Crippen molar-refractivity contribution in [3.8, 4) is 0 Å². The van der Waals surface area contributed by atoms with Crippen molar-refractivity contribution < 1.29 is 14.6 Å². The van der Waals surface area contributed by atoms with E-state index in [0.29, 0.717) is 36.3 Å². The lowest BCUT2D eigenvalue weighted by molar-refractivity contribution is -0.137. The zero-order valence-electron chi connectivity index (χ0n) is 14.1. The van der Waals surface area contributed by atoms with E-state index in [0.717, 1.165) is 31.2 Å². The van der Waals surface area contributed by atoms with Crippen molar-refractivity contribution >= 4 is 29.1 Å². The Morgan fingerprint density at radius 1 is 1.28 bits per heavy atom. The van der Waals surface area contributed by atoms with Crippen LogP contribution in [0, 0.1) is 11.3 Å². The minimum absolute atomic E-state index is 0.0707. The number of carbonyl (C=O) groups is 1. The number of nitrogens with zero attached hydrogens (tertiary/aromatic N) is 1. The second-order valence-corrected chi connectivity index (χ2v) is 8.65. The van der Waals surface area contributed by atoms with Crippen molar-refractivity contribution in [2.75, 3.05) is 32.9 Å². The van der Waals surface area contributed by atoms with Crippen LogP contribution in [0.5, 0.6) is 0 Å². The molecular formula is C19H23Cl2NO3. The molecule has 2 heterocycles. The van der Waals surface area contributed by atoms with Gasteiger partial charge in [-0.2, -0.15) is 0 Å². The van der Waals surface area contributed by atoms with Gasteiger partial charge in [0.2, 0.25) is 5.91 Å². The van der Waals surface area contributed by atoms with Gasteiger partial charge >= 0.3 is 0 Å². The average Bonchev–Trinajstić information content (AvgIpc) is 3.30. The van der Waals surface area contributed by atoms with E-state index < -0.39 is 5.41 Å². The number of carbonyl (C=O) groups excluding carboxylic acids is 1. The molecule has 0 bridgehead atoms. The summed E-state index contributed by atoms with van der Waals surface area (Å²) in [4.78, 5) is 15.5. The Kier molecular flexibility index (Phi) is 4.52. The van der Waals surface area contributed by atoms with Gasteiger partial charge in [-0.3, -0.25) is 4.79 Å². The van der Waals surface area contributed by atoms with Gasteiger partial charge in [0.05, 0.1) is 35.3 Å². The number of rotatable bonds is 3. The molecule has 0 radical (unpaired) electrons. The van der Waals surface area contributed by atoms with E-state index in [1.165, 1.54) is 0 Å². The predicted octanol–water partition coefficient (Wildman–Crippen LogP) is 3.27. The Hall–Kier alpha value is -0.810. The van der Waals surface area contributed by atoms with Gasteiger partial charge in [-0.15, -0.1) is 0 Å². The van der Waals surface area contributed by atoms with Gasteiger partial charge in [0.1, 0.15) is 0 Å². The van der Waals surface area contributed by atoms with Crippen molar-refractivity contribution in [3.63, 3.8) is 0 Å². The maximum Gasteiger partial charge on any atom is 0.233 e. The Balaban J connectivity index is 1.65. The number of aliphatic hydroxyl groups is 1. The molecule has 3 fully saturated rings. The van der Waals surface area contributed by atoms with Crippen molar-refractivity contribution in [2.45, 2.75) is 31.1 Å². The highest BCUT2D eigenvalue weighted by Crippen LogP contribution is 2.47. The molecule has 1 saturated carbocycles. The second kappa shape index (κ2) is 6.41. The van der Waals surface area contributed by atoms with Crippen molar-refractivity contribution in [3.05, 3.63) is 33.8 Å². The molecule has 25 heavy (non-hydrogen) atoms. The van der Waals surface area contributed by atoms with E-state index in [9.17, 15) is 9.90 Å². The molecular weight excluding hydrogens is 361 g/mol. The first-order valence-electron chi connectivity index (χ1n) is 8.94. The molecule has 0 aromatic heterocycles. The molecule has 4 rings (SSSR count). The van der Waals surface area contributed by atoms with Crippen molar-refractivity contribution in [1.82, 2.24) is 4.90 Å². The van der Waals surface area contributed by atoms with Crippen LogP contribution in [0.25, 0.3) is 0 Å². The van der Waals surface area contributed by atoms with Gasteiger partial charge in [0, 0.05) is 24.4 Å². The predicted molar refractivity (Wildman–Crippen MR) is 97.0 cm³/mol. The smallest absolute Gasteiger partial charge is 0.233 e. The first kappa shape index (κ1) is 17.6. The normalized spacial score (nSPS) is 30.7. The lowest BCUT2D eigenvalue weighted by Crippen LogP contribution is -2.46. The lowest BCUT2D eigenvalue weighted by atomic mass is 9.77. The molecule has 2 atom stereocenters. The number of amides is 1. The molecule has 0 spiro atoms. The Labute approximate surface area is 158 Å². The summed E-state index contributed by atoms with van der Waals surface area (Å²) < 4.78 is 5.57. The Morgan fingerprint density at radius 2 is 2.04 bits per heavy atom. The first-order valence-corrected chi connectivity index (χ1v) is 9.70. The number of fused-ring (bicyclic) bond motifs is 1. The molecule has 1 aliphatic carbocycles. The number of hydrogen-bond donors (Lipinski definition) is 1. The summed E-state index contributed by atoms with van der Waals surface area (Å²) in [5.74, 6) is 0.402. The van der Waals surface area contributed by atoms with E-state index in [1.807, 2.05) is 17.0 Å². The fourth-order valence-electron chi connectivity index (χ4n) is 4.91. The molecule has 1 N–H and O–H groups in total. The highest BCUT2D eigenvalue weighted by molar-refractivity contribution is 6.42. The van der Waals surface area contributed by atoms with Crippen LogP contribution in [0.1, 0.15) is 31.2 Å². The molecule has 2 saturated heterocycles. The van der Waals surface area contributed by atoms with E-state index in [1.54, 1.807) is 6.07 Å². The van der Waals surface area contributed by atoms with Gasteiger partial charge < -0.3 is 14.7 Å². The molecule has 2 aliphatic heterocycles. The van der Waals surface area contributed by atoms with Crippen LogP contribution >= 0.6 is 23.2 Å². The summed E-state index contributed by atoms with van der Waals surface area (Å²) in [6, 6.07) is 5.59. The zero-order chi connectivity index (χ0) is 17.7. The van der Waals surface area contributed by atoms with Gasteiger partial charge in [-0.1, -0.05) is 42.1 Å². The summed E-state index contributed by atoms with van der Waals surface area (Å²) in [6.45, 7) is 2.49. The number of hydrogen-bond acceptors (Lipinski definition) is 3. The fourth-order valence-corrected chi connectivity index (χ4v) is 5.21. The fraction of sp³-hybridized carbons (Fsp3) is 0.632. The molecule has 0 unspecified atom stereocenters. The summed E-state index contributed by atoms with van der Waals surface area (Å²) in [7, 11) is 0. The number of halogens is 2. The van der Waals surface area contributed by atoms with Crippen LogP contribution < -0.4 is 0 Å². The highest BCUT2D eigenvalue weighted by atomic mass is 35.5. The van der Waals surface area contributed by atoms with Crippen molar-refractivity contribution in [2.24, 2.45) is 11.3 Å². The molecule has 4 nitrogen and oxygen atoms in total. The number of likely N-dealkylation sites (tertiary alicyclic amines) is 1. The average molecular weight is 384 g/mol. The van der Waals surface area contributed by atoms with Crippen LogP contribution in [0.4, 0.5) is 0 Å². The van der Waals surface area contributed by atoms with Crippen LogP contribution in [0.15, 0.2) is 18.2 Å². The molecule has 1 amide bonds. The standard InChI is InChI=1S/C19H23Cl2NO3/c20-15-4-3-13(7-16(15)21)19(5-1-2-6-19)17(24)22-8-14-9-25-12-18(14,10-22)11-23/h3-4,7,14,23H,1-2,5-6,8-12H2/t14-,18-/m0/s1. The monoisotopic (exact) mass is 383 g/mol. The van der Waals surface area contributed by atoms with Gasteiger partial charge in [-0.05, 0) is 30.5 Å². The number of ether oxygens (including phenoxy) is 1. The van der Waals surface area contributed by atoms with Gasteiger partial charge in [0.15, 0.2) is 0 Å². The van der Waals surface area contributed by atoms with Crippen LogP contribution in [-0.4, -0.2) is 48.8 Å². The summed E-state index contributed by atoms with van der Waals surface area (Å²) >= 11 is 12.3. The highest BCUT2D eigenvalue weighted by Gasteiger charge is 2.55. The zero-order valence-corrected chi connectivity index (χ0v) is 15.7. The first-order chi connectivity index (χ1) is 12.0. The third kappa shape index (κ3) is 2.69. The van der Waals surface area contributed by atoms with Crippen LogP contribution in [0.2, 0.25) is 10.0 Å². The van der Waals surface area contributed by atoms with Crippen molar-refractivity contribution in [1.29, 1.82) is 0 Å². The minimum atomic E-state index is -0.510. The largest absolute Gasteiger partial charge is 0.396 e. The maximum absolute atomic E-state index is 13.6. The van der Waals surface area contributed by atoms with Gasteiger partial charge in [0.25, 0.3) is 0 Å². The molecule has 136 valence electrons. The molecule has 3 aliphatic rings. The van der Waals surface area contributed by atoms with Crippen LogP contribution in [-0.2, 0) is 14.9 Å².